The van der Waals surface area contributed by atoms with Crippen LogP contribution in [0.15, 0.2) is 24.3 Å². The molecule has 0 radical (unpaired) electrons. The zero-order valence-electron chi connectivity index (χ0n) is 11.8. The number of piperazine rings is 1. The van der Waals surface area contributed by atoms with Crippen molar-refractivity contribution in [3.8, 4) is 0 Å². The van der Waals surface area contributed by atoms with Gasteiger partial charge in [-0.25, -0.2) is 0 Å². The highest BCUT2D eigenvalue weighted by Gasteiger charge is 2.25. The molecule has 4 heteroatoms. The topological polar surface area (TPSA) is 49.6 Å². The van der Waals surface area contributed by atoms with Crippen LogP contribution in [-0.4, -0.2) is 48.4 Å². The van der Waals surface area contributed by atoms with E-state index in [0.717, 1.165) is 37.3 Å². The minimum Gasteiger partial charge on any atom is -0.399 e. The smallest absolute Gasteiger partial charge is 0.227 e. The Bertz CT molecular complexity index is 447. The lowest BCUT2D eigenvalue weighted by atomic mass is 10.1. The van der Waals surface area contributed by atoms with Crippen molar-refractivity contribution < 1.29 is 4.79 Å². The number of carbonyl (C=O) groups excluding carboxylic acids is 1. The first-order chi connectivity index (χ1) is 9.10. The number of nitrogens with two attached hydrogens (primary N) is 1. The van der Waals surface area contributed by atoms with Gasteiger partial charge in [0, 0.05) is 31.4 Å². The third kappa shape index (κ3) is 3.47. The average Bonchev–Trinajstić information content (AvgIpc) is 2.39. The second kappa shape index (κ2) is 6.06. The third-order valence-corrected chi connectivity index (χ3v) is 3.91. The molecule has 1 aromatic rings. The van der Waals surface area contributed by atoms with Gasteiger partial charge in [0.05, 0.1) is 6.42 Å². The molecule has 0 bridgehead atoms. The standard InChI is InChI=1S/C15H23N3O/c1-3-14-11-18(8-7-17(14)2)15(19)10-12-5-4-6-13(16)9-12/h4-6,9,14H,3,7-8,10-11,16H2,1-2H3. The van der Waals surface area contributed by atoms with Crippen molar-refractivity contribution in [3.63, 3.8) is 0 Å². The largest absolute Gasteiger partial charge is 0.399 e. The number of amides is 1. The molecule has 4 nitrogen and oxygen atoms in total. The van der Waals surface area contributed by atoms with Gasteiger partial charge >= 0.3 is 0 Å². The summed E-state index contributed by atoms with van der Waals surface area (Å²) in [6, 6.07) is 8.07. The molecule has 0 aromatic heterocycles. The SMILES string of the molecule is CCC1CN(C(=O)Cc2cccc(N)c2)CCN1C. The summed E-state index contributed by atoms with van der Waals surface area (Å²) in [5.41, 5.74) is 7.46. The van der Waals surface area contributed by atoms with Gasteiger partial charge in [0.25, 0.3) is 0 Å². The zero-order valence-corrected chi connectivity index (χ0v) is 11.8. The maximum atomic E-state index is 12.3. The molecule has 104 valence electrons. The Morgan fingerprint density at radius 2 is 2.21 bits per heavy atom. The van der Waals surface area contributed by atoms with Crippen molar-refractivity contribution in [2.45, 2.75) is 25.8 Å². The van der Waals surface area contributed by atoms with Crippen LogP contribution >= 0.6 is 0 Å². The molecule has 0 spiro atoms. The molecule has 1 atom stereocenters. The molecule has 2 N–H and O–H groups in total. The fourth-order valence-electron chi connectivity index (χ4n) is 2.60. The van der Waals surface area contributed by atoms with Crippen molar-refractivity contribution in [1.82, 2.24) is 9.80 Å². The lowest BCUT2D eigenvalue weighted by Gasteiger charge is -2.39. The molecule has 1 heterocycles. The summed E-state index contributed by atoms with van der Waals surface area (Å²) in [7, 11) is 2.13. The van der Waals surface area contributed by atoms with Crippen LogP contribution in [-0.2, 0) is 11.2 Å². The number of anilines is 1. The molecule has 1 saturated heterocycles. The molecular formula is C15H23N3O. The van der Waals surface area contributed by atoms with Crippen LogP contribution in [0, 0.1) is 0 Å². The van der Waals surface area contributed by atoms with Gasteiger partial charge in [-0.1, -0.05) is 19.1 Å². The first-order valence-corrected chi connectivity index (χ1v) is 6.92. The van der Waals surface area contributed by atoms with Crippen LogP contribution in [0.1, 0.15) is 18.9 Å². The van der Waals surface area contributed by atoms with Gasteiger partial charge in [0.15, 0.2) is 0 Å². The molecule has 1 aliphatic heterocycles. The normalized spacial score (nSPS) is 20.5. The Morgan fingerprint density at radius 3 is 2.89 bits per heavy atom. The number of nitrogen functional groups attached to an aromatic ring is 1. The van der Waals surface area contributed by atoms with Crippen molar-refractivity contribution in [1.29, 1.82) is 0 Å². The predicted octanol–water partition coefficient (Wildman–Crippen LogP) is 1.36. The highest BCUT2D eigenvalue weighted by Crippen LogP contribution is 2.13. The van der Waals surface area contributed by atoms with Crippen molar-refractivity contribution >= 4 is 11.6 Å². The Labute approximate surface area is 115 Å². The van der Waals surface area contributed by atoms with Crippen molar-refractivity contribution in [3.05, 3.63) is 29.8 Å². The Balaban J connectivity index is 1.97. The van der Waals surface area contributed by atoms with E-state index in [2.05, 4.69) is 18.9 Å². The molecule has 0 aliphatic carbocycles. The van der Waals surface area contributed by atoms with Gasteiger partial charge in [-0.15, -0.1) is 0 Å². The summed E-state index contributed by atoms with van der Waals surface area (Å²) in [4.78, 5) is 16.6. The van der Waals surface area contributed by atoms with Gasteiger partial charge in [-0.2, -0.15) is 0 Å². The monoisotopic (exact) mass is 261 g/mol. The molecule has 1 unspecified atom stereocenters. The molecular weight excluding hydrogens is 238 g/mol. The predicted molar refractivity (Wildman–Crippen MR) is 77.8 cm³/mol. The van der Waals surface area contributed by atoms with E-state index in [-0.39, 0.29) is 5.91 Å². The summed E-state index contributed by atoms with van der Waals surface area (Å²) in [5.74, 6) is 0.206. The molecule has 1 aliphatic rings. The molecule has 19 heavy (non-hydrogen) atoms. The van der Waals surface area contributed by atoms with Crippen molar-refractivity contribution in [2.75, 3.05) is 32.4 Å². The van der Waals surface area contributed by atoms with E-state index in [1.807, 2.05) is 29.2 Å². The number of nitrogens with zero attached hydrogens (tertiary/aromatic N) is 2. The number of benzene rings is 1. The van der Waals surface area contributed by atoms with Gasteiger partial charge in [-0.3, -0.25) is 9.69 Å². The van der Waals surface area contributed by atoms with Crippen LogP contribution in [0.4, 0.5) is 5.69 Å². The average molecular weight is 261 g/mol. The lowest BCUT2D eigenvalue weighted by molar-refractivity contribution is -0.133. The molecule has 1 amide bonds. The highest BCUT2D eigenvalue weighted by atomic mass is 16.2. The van der Waals surface area contributed by atoms with Crippen molar-refractivity contribution in [2.24, 2.45) is 0 Å². The maximum absolute atomic E-state index is 12.3. The lowest BCUT2D eigenvalue weighted by Crippen LogP contribution is -2.53. The fraction of sp³-hybridized carbons (Fsp3) is 0.533. The Kier molecular flexibility index (Phi) is 4.43. The molecule has 0 saturated carbocycles. The highest BCUT2D eigenvalue weighted by molar-refractivity contribution is 5.79. The minimum absolute atomic E-state index is 0.206. The van der Waals surface area contributed by atoms with Gasteiger partial charge in [0.2, 0.25) is 5.91 Å². The summed E-state index contributed by atoms with van der Waals surface area (Å²) < 4.78 is 0. The van der Waals surface area contributed by atoms with E-state index in [4.69, 9.17) is 5.73 Å². The second-order valence-electron chi connectivity index (χ2n) is 5.30. The van der Waals surface area contributed by atoms with E-state index in [1.54, 1.807) is 0 Å². The number of carbonyl (C=O) groups is 1. The first-order valence-electron chi connectivity index (χ1n) is 6.92. The van der Waals surface area contributed by atoms with Gasteiger partial charge < -0.3 is 10.6 Å². The minimum atomic E-state index is 0.206. The summed E-state index contributed by atoms with van der Waals surface area (Å²) in [6.45, 7) is 4.80. The van der Waals surface area contributed by atoms with Crippen LogP contribution in [0.25, 0.3) is 0 Å². The Hall–Kier alpha value is -1.55. The fourth-order valence-corrected chi connectivity index (χ4v) is 2.60. The van der Waals surface area contributed by atoms with E-state index >= 15 is 0 Å². The van der Waals surface area contributed by atoms with Crippen LogP contribution < -0.4 is 5.73 Å². The Morgan fingerprint density at radius 1 is 1.42 bits per heavy atom. The summed E-state index contributed by atoms with van der Waals surface area (Å²) in [6.07, 6.45) is 1.53. The second-order valence-corrected chi connectivity index (χ2v) is 5.30. The summed E-state index contributed by atoms with van der Waals surface area (Å²) >= 11 is 0. The van der Waals surface area contributed by atoms with E-state index in [0.29, 0.717) is 12.5 Å². The molecule has 2 rings (SSSR count). The molecule has 1 fully saturated rings. The van der Waals surface area contributed by atoms with E-state index in [9.17, 15) is 4.79 Å². The van der Waals surface area contributed by atoms with Gasteiger partial charge in [0.1, 0.15) is 0 Å². The van der Waals surface area contributed by atoms with Crippen LogP contribution in [0.3, 0.4) is 0 Å². The zero-order chi connectivity index (χ0) is 13.8. The van der Waals surface area contributed by atoms with Crippen LogP contribution in [0.5, 0.6) is 0 Å². The first kappa shape index (κ1) is 13.9. The number of hydrogen-bond acceptors (Lipinski definition) is 3. The molecule has 1 aromatic carbocycles. The quantitative estimate of drug-likeness (QED) is 0.836. The third-order valence-electron chi connectivity index (χ3n) is 3.91. The van der Waals surface area contributed by atoms with E-state index in [1.165, 1.54) is 0 Å². The number of likely N-dealkylation sites (N-methyl/N-ethyl adjacent to an activating group) is 1. The van der Waals surface area contributed by atoms with E-state index < -0.39 is 0 Å². The number of hydrogen-bond donors (Lipinski definition) is 1. The van der Waals surface area contributed by atoms with Gasteiger partial charge in [-0.05, 0) is 31.2 Å². The van der Waals surface area contributed by atoms with Crippen LogP contribution in [0.2, 0.25) is 0 Å². The maximum Gasteiger partial charge on any atom is 0.227 e. The number of rotatable bonds is 3. The summed E-state index contributed by atoms with van der Waals surface area (Å²) in [5, 5.41) is 0.